The van der Waals surface area contributed by atoms with Gasteiger partial charge >= 0.3 is 6.09 Å². The number of benzene rings is 1. The monoisotopic (exact) mass is 437 g/mol. The van der Waals surface area contributed by atoms with Gasteiger partial charge in [-0.1, -0.05) is 45.4 Å². The molecule has 0 radical (unpaired) electrons. The van der Waals surface area contributed by atoms with Crippen LogP contribution in [0.3, 0.4) is 0 Å². The lowest BCUT2D eigenvalue weighted by Crippen LogP contribution is -2.64. The van der Waals surface area contributed by atoms with E-state index in [9.17, 15) is 18.3 Å². The van der Waals surface area contributed by atoms with Gasteiger partial charge in [0, 0.05) is 31.2 Å². The van der Waals surface area contributed by atoms with Crippen LogP contribution >= 0.6 is 0 Å². The summed E-state index contributed by atoms with van der Waals surface area (Å²) in [5.41, 5.74) is 5.82. The maximum atomic E-state index is 13.7. The van der Waals surface area contributed by atoms with Crippen molar-refractivity contribution in [1.29, 1.82) is 0 Å². The molecule has 2 aliphatic rings. The molecule has 2 unspecified atom stereocenters. The van der Waals surface area contributed by atoms with Crippen LogP contribution in [0.1, 0.15) is 52.9 Å². The highest BCUT2D eigenvalue weighted by molar-refractivity contribution is 7.89. The SMILES string of the molecule is CC(C)(C)C1CN(C(=O)O)CC(CC[C@H]2CCC[C@@H]2N)N1S(=O)(=O)c1ccccc1. The van der Waals surface area contributed by atoms with Crippen molar-refractivity contribution in [3.63, 3.8) is 0 Å². The number of nitrogens with two attached hydrogens (primary N) is 1. The standard InChI is InChI=1S/C22H35N3O4S/c1-22(2,3)20-15-24(21(26)27)14-17(13-12-16-8-7-11-19(16)23)25(20)30(28,29)18-9-5-4-6-10-18/h4-6,9-10,16-17,19-20H,7-8,11-15,23H2,1-3H3,(H,26,27)/t16-,17?,19+,20?/m1/s1. The fourth-order valence-electron chi connectivity index (χ4n) is 4.89. The number of carbonyl (C=O) groups is 1. The number of sulfonamides is 1. The number of hydrogen-bond acceptors (Lipinski definition) is 4. The molecule has 168 valence electrons. The Morgan fingerprint density at radius 2 is 1.80 bits per heavy atom. The molecule has 3 rings (SSSR count). The van der Waals surface area contributed by atoms with Crippen molar-refractivity contribution >= 4 is 16.1 Å². The zero-order valence-corrected chi connectivity index (χ0v) is 19.0. The molecule has 0 aromatic heterocycles. The summed E-state index contributed by atoms with van der Waals surface area (Å²) in [4.78, 5) is 13.5. The highest BCUT2D eigenvalue weighted by Gasteiger charge is 2.48. The van der Waals surface area contributed by atoms with Gasteiger partial charge in [0.05, 0.1) is 4.90 Å². The van der Waals surface area contributed by atoms with Gasteiger partial charge in [0.1, 0.15) is 0 Å². The summed E-state index contributed by atoms with van der Waals surface area (Å²) in [6, 6.07) is 7.76. The predicted molar refractivity (Wildman–Crippen MR) is 117 cm³/mol. The zero-order chi connectivity index (χ0) is 22.1. The van der Waals surface area contributed by atoms with E-state index in [1.807, 2.05) is 20.8 Å². The van der Waals surface area contributed by atoms with Crippen molar-refractivity contribution in [3.05, 3.63) is 30.3 Å². The van der Waals surface area contributed by atoms with Crippen LogP contribution in [0, 0.1) is 11.3 Å². The first kappa shape index (κ1) is 23.0. The van der Waals surface area contributed by atoms with Gasteiger partial charge in [0.25, 0.3) is 0 Å². The number of amides is 1. The van der Waals surface area contributed by atoms with Crippen LogP contribution < -0.4 is 5.73 Å². The van der Waals surface area contributed by atoms with Crippen LogP contribution in [0.25, 0.3) is 0 Å². The Hall–Kier alpha value is -1.64. The van der Waals surface area contributed by atoms with Crippen LogP contribution in [0.5, 0.6) is 0 Å². The first-order valence-electron chi connectivity index (χ1n) is 10.8. The molecule has 2 fully saturated rings. The maximum Gasteiger partial charge on any atom is 0.407 e. The lowest BCUT2D eigenvalue weighted by atomic mass is 9.83. The Balaban J connectivity index is 1.97. The Kier molecular flexibility index (Phi) is 6.79. The van der Waals surface area contributed by atoms with E-state index < -0.39 is 33.6 Å². The molecule has 7 nitrogen and oxygen atoms in total. The summed E-state index contributed by atoms with van der Waals surface area (Å²) in [7, 11) is -3.77. The van der Waals surface area contributed by atoms with E-state index in [0.717, 1.165) is 25.7 Å². The topological polar surface area (TPSA) is 104 Å². The normalized spacial score (nSPS) is 28.6. The predicted octanol–water partition coefficient (Wildman–Crippen LogP) is 3.36. The lowest BCUT2D eigenvalue weighted by Gasteiger charge is -2.50. The largest absolute Gasteiger partial charge is 0.465 e. The van der Waals surface area contributed by atoms with Crippen molar-refractivity contribution in [2.45, 2.75) is 75.9 Å². The number of piperazine rings is 1. The Morgan fingerprint density at radius 3 is 2.33 bits per heavy atom. The average Bonchev–Trinajstić information content (AvgIpc) is 3.10. The van der Waals surface area contributed by atoms with E-state index in [4.69, 9.17) is 5.73 Å². The molecule has 1 saturated carbocycles. The van der Waals surface area contributed by atoms with Gasteiger partial charge < -0.3 is 15.7 Å². The van der Waals surface area contributed by atoms with Crippen molar-refractivity contribution < 1.29 is 18.3 Å². The number of carboxylic acid groups (broad SMARTS) is 1. The molecule has 1 aromatic rings. The maximum absolute atomic E-state index is 13.7. The molecule has 1 amide bonds. The van der Waals surface area contributed by atoms with E-state index in [1.54, 1.807) is 34.6 Å². The molecular weight excluding hydrogens is 402 g/mol. The smallest absolute Gasteiger partial charge is 0.407 e. The van der Waals surface area contributed by atoms with Crippen molar-refractivity contribution in [1.82, 2.24) is 9.21 Å². The van der Waals surface area contributed by atoms with Gasteiger partial charge in [-0.2, -0.15) is 4.31 Å². The summed E-state index contributed by atoms with van der Waals surface area (Å²) in [6.45, 7) is 6.28. The summed E-state index contributed by atoms with van der Waals surface area (Å²) < 4.78 is 29.1. The third-order valence-corrected chi connectivity index (χ3v) is 8.64. The zero-order valence-electron chi connectivity index (χ0n) is 18.2. The van der Waals surface area contributed by atoms with Crippen LogP contribution in [-0.2, 0) is 10.0 Å². The molecule has 3 N–H and O–H groups in total. The van der Waals surface area contributed by atoms with E-state index in [2.05, 4.69) is 0 Å². The first-order chi connectivity index (χ1) is 14.0. The Morgan fingerprint density at radius 1 is 1.13 bits per heavy atom. The summed E-state index contributed by atoms with van der Waals surface area (Å²) in [5, 5.41) is 9.71. The van der Waals surface area contributed by atoms with E-state index in [0.29, 0.717) is 12.3 Å². The first-order valence-corrected chi connectivity index (χ1v) is 12.3. The minimum absolute atomic E-state index is 0.154. The Labute approximate surface area is 180 Å². The van der Waals surface area contributed by atoms with Crippen LogP contribution in [0.15, 0.2) is 35.2 Å². The second-order valence-electron chi connectivity index (χ2n) is 9.80. The molecular formula is C22H35N3O4S. The molecule has 0 bridgehead atoms. The van der Waals surface area contributed by atoms with Gasteiger partial charge in [0.15, 0.2) is 0 Å². The third-order valence-electron chi connectivity index (χ3n) is 6.67. The Bertz CT molecular complexity index is 838. The van der Waals surface area contributed by atoms with Gasteiger partial charge in [0.2, 0.25) is 10.0 Å². The fraction of sp³-hybridized carbons (Fsp3) is 0.682. The third kappa shape index (κ3) is 4.81. The van der Waals surface area contributed by atoms with Crippen LogP contribution in [-0.4, -0.2) is 60.0 Å². The van der Waals surface area contributed by atoms with Crippen molar-refractivity contribution in [2.75, 3.05) is 13.1 Å². The van der Waals surface area contributed by atoms with Crippen LogP contribution in [0.4, 0.5) is 4.79 Å². The second kappa shape index (κ2) is 8.85. The van der Waals surface area contributed by atoms with Crippen molar-refractivity contribution in [2.24, 2.45) is 17.1 Å². The summed E-state index contributed by atoms with van der Waals surface area (Å²) in [5.74, 6) is 0.375. The van der Waals surface area contributed by atoms with Gasteiger partial charge in [-0.15, -0.1) is 0 Å². The molecule has 30 heavy (non-hydrogen) atoms. The van der Waals surface area contributed by atoms with E-state index >= 15 is 0 Å². The molecule has 1 aliphatic carbocycles. The molecule has 1 heterocycles. The van der Waals surface area contributed by atoms with E-state index in [1.165, 1.54) is 4.90 Å². The molecule has 8 heteroatoms. The summed E-state index contributed by atoms with van der Waals surface area (Å²) in [6.07, 6.45) is 3.60. The highest BCUT2D eigenvalue weighted by Crippen LogP contribution is 2.37. The molecule has 1 aliphatic heterocycles. The van der Waals surface area contributed by atoms with Crippen LogP contribution in [0.2, 0.25) is 0 Å². The van der Waals surface area contributed by atoms with E-state index in [-0.39, 0.29) is 24.0 Å². The minimum atomic E-state index is -3.77. The number of rotatable bonds is 5. The lowest BCUT2D eigenvalue weighted by molar-refractivity contribution is 0.0291. The molecule has 1 aromatic carbocycles. The van der Waals surface area contributed by atoms with Crippen molar-refractivity contribution in [3.8, 4) is 0 Å². The van der Waals surface area contributed by atoms with Gasteiger partial charge in [-0.3, -0.25) is 0 Å². The molecule has 4 atom stereocenters. The average molecular weight is 438 g/mol. The number of nitrogens with zero attached hydrogens (tertiary/aromatic N) is 2. The van der Waals surface area contributed by atoms with Gasteiger partial charge in [-0.05, 0) is 49.1 Å². The fourth-order valence-corrected chi connectivity index (χ4v) is 6.92. The number of hydrogen-bond donors (Lipinski definition) is 2. The molecule has 1 saturated heterocycles. The highest BCUT2D eigenvalue weighted by atomic mass is 32.2. The molecule has 0 spiro atoms. The summed E-state index contributed by atoms with van der Waals surface area (Å²) >= 11 is 0. The van der Waals surface area contributed by atoms with Gasteiger partial charge in [-0.25, -0.2) is 13.2 Å². The minimum Gasteiger partial charge on any atom is -0.465 e. The second-order valence-corrected chi connectivity index (χ2v) is 11.6. The quantitative estimate of drug-likeness (QED) is 0.735.